The Kier molecular flexibility index (Phi) is 5.89. The molecule has 166 valence electrons. The number of likely N-dealkylation sites (tertiary alicyclic amines) is 1. The highest BCUT2D eigenvalue weighted by Crippen LogP contribution is 2.47. The molecule has 2 N–H and O–H groups in total. The molecule has 2 aromatic carbocycles. The topological polar surface area (TPSA) is 52.6 Å². The first-order chi connectivity index (χ1) is 15.6. The fourth-order valence-corrected chi connectivity index (χ4v) is 5.65. The van der Waals surface area contributed by atoms with Crippen LogP contribution in [-0.4, -0.2) is 35.1 Å². The van der Waals surface area contributed by atoms with E-state index < -0.39 is 0 Å². The van der Waals surface area contributed by atoms with Crippen LogP contribution >= 0.6 is 0 Å². The predicted molar refractivity (Wildman–Crippen MR) is 122 cm³/mol. The number of aliphatic hydroxyl groups excluding tert-OH is 1. The van der Waals surface area contributed by atoms with E-state index in [1.165, 1.54) is 18.6 Å². The van der Waals surface area contributed by atoms with Gasteiger partial charge in [0.2, 0.25) is 5.91 Å². The maximum absolute atomic E-state index is 13.5. The van der Waals surface area contributed by atoms with E-state index in [4.69, 9.17) is 0 Å². The third kappa shape index (κ3) is 4.00. The summed E-state index contributed by atoms with van der Waals surface area (Å²) in [6.07, 6.45) is 6.38. The first kappa shape index (κ1) is 21.0. The molecule has 5 rings (SSSR count). The lowest BCUT2D eigenvalue weighted by atomic mass is 9.82. The number of anilines is 1. The van der Waals surface area contributed by atoms with E-state index in [2.05, 4.69) is 28.1 Å². The number of rotatable bonds is 2. The van der Waals surface area contributed by atoms with Gasteiger partial charge in [0.25, 0.3) is 0 Å². The van der Waals surface area contributed by atoms with Crippen LogP contribution in [0.3, 0.4) is 0 Å². The number of halogens is 1. The fourth-order valence-electron chi connectivity index (χ4n) is 5.65. The molecule has 3 atom stereocenters. The summed E-state index contributed by atoms with van der Waals surface area (Å²) in [4.78, 5) is 15.6. The summed E-state index contributed by atoms with van der Waals surface area (Å²) < 4.78 is 13.2. The zero-order valence-corrected chi connectivity index (χ0v) is 18.2. The van der Waals surface area contributed by atoms with Crippen LogP contribution in [0.5, 0.6) is 0 Å². The van der Waals surface area contributed by atoms with Crippen LogP contribution in [0.15, 0.2) is 42.5 Å². The summed E-state index contributed by atoms with van der Waals surface area (Å²) in [5.41, 5.74) is 3.69. The smallest absolute Gasteiger partial charge is 0.226 e. The molecule has 2 heterocycles. The molecule has 1 aliphatic carbocycles. The number of hydrogen-bond donors (Lipinski definition) is 2. The minimum Gasteiger partial charge on any atom is -0.394 e. The second-order valence-corrected chi connectivity index (χ2v) is 9.26. The van der Waals surface area contributed by atoms with E-state index in [-0.39, 0.29) is 42.3 Å². The Labute approximate surface area is 188 Å². The van der Waals surface area contributed by atoms with Crippen LogP contribution in [-0.2, 0) is 4.79 Å². The molecule has 2 aromatic rings. The highest BCUT2D eigenvalue weighted by molar-refractivity contribution is 5.80. The zero-order chi connectivity index (χ0) is 22.1. The molecule has 32 heavy (non-hydrogen) atoms. The third-order valence-electron chi connectivity index (χ3n) is 7.30. The van der Waals surface area contributed by atoms with Gasteiger partial charge in [-0.05, 0) is 67.3 Å². The fraction of sp³-hybridized carbons (Fsp3) is 0.444. The number of nitrogens with one attached hydrogen (secondary N) is 1. The van der Waals surface area contributed by atoms with Gasteiger partial charge >= 0.3 is 0 Å². The summed E-state index contributed by atoms with van der Waals surface area (Å²) in [6.45, 7) is 0.798. The highest BCUT2D eigenvalue weighted by Gasteiger charge is 2.46. The molecular weight excluding hydrogens is 403 g/mol. The number of amides is 1. The molecule has 1 saturated heterocycles. The molecule has 0 radical (unpaired) electrons. The van der Waals surface area contributed by atoms with Crippen molar-refractivity contribution in [1.82, 2.24) is 4.90 Å². The zero-order valence-electron chi connectivity index (χ0n) is 18.2. The summed E-state index contributed by atoms with van der Waals surface area (Å²) in [5, 5.41) is 13.5. The van der Waals surface area contributed by atoms with Crippen LogP contribution in [0.2, 0.25) is 0 Å². The first-order valence-corrected chi connectivity index (χ1v) is 11.7. The van der Waals surface area contributed by atoms with Crippen molar-refractivity contribution in [3.63, 3.8) is 0 Å². The van der Waals surface area contributed by atoms with Gasteiger partial charge in [0, 0.05) is 35.2 Å². The lowest BCUT2D eigenvalue weighted by Crippen LogP contribution is -2.44. The van der Waals surface area contributed by atoms with Crippen LogP contribution in [0, 0.1) is 29.5 Å². The van der Waals surface area contributed by atoms with E-state index in [0.717, 1.165) is 61.0 Å². The van der Waals surface area contributed by atoms with Crippen LogP contribution in [0.25, 0.3) is 0 Å². The van der Waals surface area contributed by atoms with Gasteiger partial charge < -0.3 is 15.3 Å². The van der Waals surface area contributed by atoms with E-state index in [1.807, 2.05) is 12.1 Å². The van der Waals surface area contributed by atoms with Crippen LogP contribution in [0.1, 0.15) is 61.3 Å². The van der Waals surface area contributed by atoms with Gasteiger partial charge in [-0.15, -0.1) is 0 Å². The van der Waals surface area contributed by atoms with Crippen molar-refractivity contribution in [2.75, 3.05) is 18.5 Å². The standard InChI is InChI=1S/C27H29FN2O2/c28-21-11-8-18(9-12-21)6-7-19-10-13-24-23(16-19)26-22(25(17-31)29-24)14-15-30(26)27(32)20-4-2-1-3-5-20/h8-13,16,20,22,25-26,29,31H,1-5,14-15,17H2/t22-,25+,26-/m1/s1. The Morgan fingerprint density at radius 1 is 1.03 bits per heavy atom. The molecule has 1 amide bonds. The van der Waals surface area contributed by atoms with Crippen LogP contribution < -0.4 is 5.32 Å². The van der Waals surface area contributed by atoms with E-state index >= 15 is 0 Å². The van der Waals surface area contributed by atoms with Gasteiger partial charge in [0.1, 0.15) is 5.82 Å². The van der Waals surface area contributed by atoms with Crippen LogP contribution in [0.4, 0.5) is 10.1 Å². The SMILES string of the molecule is O=C(C1CCCCC1)N1CC[C@@H]2[C@H](CO)Nc3ccc(C#Cc4ccc(F)cc4)cc3[C@@H]21. The molecule has 0 bridgehead atoms. The van der Waals surface area contributed by atoms with Crippen molar-refractivity contribution in [2.45, 2.75) is 50.6 Å². The number of benzene rings is 2. The van der Waals surface area contributed by atoms with Gasteiger partial charge in [-0.2, -0.15) is 0 Å². The normalized spacial score (nSPS) is 24.7. The largest absolute Gasteiger partial charge is 0.394 e. The maximum atomic E-state index is 13.5. The van der Waals surface area contributed by atoms with Crippen molar-refractivity contribution < 1.29 is 14.3 Å². The van der Waals surface area contributed by atoms with E-state index in [1.54, 1.807) is 12.1 Å². The Morgan fingerprint density at radius 2 is 1.75 bits per heavy atom. The molecule has 5 heteroatoms. The molecule has 2 fully saturated rings. The number of nitrogens with zero attached hydrogens (tertiary/aromatic N) is 1. The minimum absolute atomic E-state index is 0.0228. The maximum Gasteiger partial charge on any atom is 0.226 e. The van der Waals surface area contributed by atoms with Crippen molar-refractivity contribution in [2.24, 2.45) is 11.8 Å². The van der Waals surface area contributed by atoms with E-state index in [9.17, 15) is 14.3 Å². The Hall–Kier alpha value is -2.84. The third-order valence-corrected chi connectivity index (χ3v) is 7.30. The van der Waals surface area contributed by atoms with Gasteiger partial charge in [0.05, 0.1) is 18.7 Å². The molecular formula is C27H29FN2O2. The average molecular weight is 433 g/mol. The molecule has 0 aromatic heterocycles. The minimum atomic E-state index is -0.274. The number of fused-ring (bicyclic) bond motifs is 3. The van der Waals surface area contributed by atoms with Crippen molar-refractivity contribution in [3.05, 3.63) is 65.0 Å². The summed E-state index contributed by atoms with van der Waals surface area (Å²) >= 11 is 0. The summed E-state index contributed by atoms with van der Waals surface area (Å²) in [7, 11) is 0. The summed E-state index contributed by atoms with van der Waals surface area (Å²) in [5.74, 6) is 6.63. The average Bonchev–Trinajstić information content (AvgIpc) is 3.29. The van der Waals surface area contributed by atoms with Crippen molar-refractivity contribution >= 4 is 11.6 Å². The lowest BCUT2D eigenvalue weighted by Gasteiger charge is -2.40. The second-order valence-electron chi connectivity index (χ2n) is 9.26. The molecule has 3 aliphatic rings. The number of carbonyl (C=O) groups is 1. The van der Waals surface area contributed by atoms with E-state index in [0.29, 0.717) is 0 Å². The lowest BCUT2D eigenvalue weighted by molar-refractivity contribution is -0.138. The van der Waals surface area contributed by atoms with Gasteiger partial charge in [-0.25, -0.2) is 4.39 Å². The van der Waals surface area contributed by atoms with Crippen molar-refractivity contribution in [1.29, 1.82) is 0 Å². The number of hydrogen-bond acceptors (Lipinski definition) is 3. The monoisotopic (exact) mass is 432 g/mol. The second kappa shape index (κ2) is 8.96. The molecule has 1 saturated carbocycles. The van der Waals surface area contributed by atoms with Crippen molar-refractivity contribution in [3.8, 4) is 11.8 Å². The predicted octanol–water partition coefficient (Wildman–Crippen LogP) is 4.48. The van der Waals surface area contributed by atoms with Gasteiger partial charge in [-0.3, -0.25) is 4.79 Å². The highest BCUT2D eigenvalue weighted by atomic mass is 19.1. The summed E-state index contributed by atoms with van der Waals surface area (Å²) in [6, 6.07) is 12.1. The molecule has 4 nitrogen and oxygen atoms in total. The molecule has 0 spiro atoms. The van der Waals surface area contributed by atoms with Gasteiger partial charge in [0.15, 0.2) is 0 Å². The first-order valence-electron chi connectivity index (χ1n) is 11.7. The number of carbonyl (C=O) groups excluding carboxylic acids is 1. The Balaban J connectivity index is 1.47. The Morgan fingerprint density at radius 3 is 2.50 bits per heavy atom. The molecule has 2 aliphatic heterocycles. The van der Waals surface area contributed by atoms with Gasteiger partial charge in [-0.1, -0.05) is 31.1 Å². The Bertz CT molecular complexity index is 1050. The number of aliphatic hydroxyl groups is 1. The molecule has 0 unspecified atom stereocenters. The quantitative estimate of drug-likeness (QED) is 0.688.